The van der Waals surface area contributed by atoms with Gasteiger partial charge in [0.15, 0.2) is 5.82 Å². The van der Waals surface area contributed by atoms with E-state index in [4.69, 9.17) is 0 Å². The number of hydrogen-bond donors (Lipinski definition) is 1. The Morgan fingerprint density at radius 2 is 2.18 bits per heavy atom. The molecule has 0 unspecified atom stereocenters. The van der Waals surface area contributed by atoms with Crippen molar-refractivity contribution in [1.29, 1.82) is 0 Å². The number of nitrogens with one attached hydrogen (secondary N) is 1. The number of anilines is 3. The molecule has 0 atom stereocenters. The standard InChI is InChI=1S/C16H17BrN4O/c1-2-20-9-10-21(14-7-4-8-18-15(14)20)16(22)19-13-6-3-5-12(17)11-13/h3-8,11H,2,9-10H2,1H3,(H,19,22). The molecule has 0 bridgehead atoms. The summed E-state index contributed by atoms with van der Waals surface area (Å²) in [5.74, 6) is 0.862. The summed E-state index contributed by atoms with van der Waals surface area (Å²) in [6.45, 7) is 4.40. The second-order valence-electron chi connectivity index (χ2n) is 5.02. The molecule has 3 rings (SSSR count). The Morgan fingerprint density at radius 3 is 2.95 bits per heavy atom. The van der Waals surface area contributed by atoms with Crippen molar-refractivity contribution in [3.63, 3.8) is 0 Å². The highest BCUT2D eigenvalue weighted by Gasteiger charge is 2.26. The SMILES string of the molecule is CCN1CCN(C(=O)Nc2cccc(Br)c2)c2cccnc21. The number of rotatable bonds is 2. The number of carbonyl (C=O) groups is 1. The minimum Gasteiger partial charge on any atom is -0.353 e. The number of carbonyl (C=O) groups excluding carboxylic acids is 1. The fourth-order valence-electron chi connectivity index (χ4n) is 2.57. The van der Waals surface area contributed by atoms with E-state index in [0.29, 0.717) is 6.54 Å². The molecule has 5 nitrogen and oxygen atoms in total. The van der Waals surface area contributed by atoms with Crippen LogP contribution in [0.1, 0.15) is 6.92 Å². The molecular formula is C16H17BrN4O. The minimum atomic E-state index is -0.136. The van der Waals surface area contributed by atoms with Gasteiger partial charge in [0.05, 0.1) is 5.69 Å². The smallest absolute Gasteiger partial charge is 0.326 e. The van der Waals surface area contributed by atoms with Crippen LogP contribution in [0.15, 0.2) is 47.1 Å². The molecule has 0 saturated carbocycles. The summed E-state index contributed by atoms with van der Waals surface area (Å²) in [7, 11) is 0. The molecule has 1 aliphatic rings. The summed E-state index contributed by atoms with van der Waals surface area (Å²) in [4.78, 5) is 20.9. The summed E-state index contributed by atoms with van der Waals surface area (Å²) in [5, 5.41) is 2.94. The number of fused-ring (bicyclic) bond motifs is 1. The highest BCUT2D eigenvalue weighted by atomic mass is 79.9. The molecular weight excluding hydrogens is 344 g/mol. The average molecular weight is 361 g/mol. The van der Waals surface area contributed by atoms with Gasteiger partial charge in [-0.05, 0) is 37.3 Å². The molecule has 114 valence electrons. The summed E-state index contributed by atoms with van der Waals surface area (Å²) in [6.07, 6.45) is 1.76. The van der Waals surface area contributed by atoms with Crippen molar-refractivity contribution in [3.05, 3.63) is 47.1 Å². The van der Waals surface area contributed by atoms with Gasteiger partial charge in [-0.1, -0.05) is 22.0 Å². The van der Waals surface area contributed by atoms with Crippen LogP contribution in [-0.4, -0.2) is 30.6 Å². The van der Waals surface area contributed by atoms with Crippen LogP contribution in [0.5, 0.6) is 0 Å². The highest BCUT2D eigenvalue weighted by Crippen LogP contribution is 2.30. The first-order valence-electron chi connectivity index (χ1n) is 7.23. The van der Waals surface area contributed by atoms with Gasteiger partial charge in [-0.3, -0.25) is 4.90 Å². The maximum atomic E-state index is 12.6. The number of urea groups is 1. The van der Waals surface area contributed by atoms with E-state index in [0.717, 1.165) is 34.8 Å². The van der Waals surface area contributed by atoms with Crippen LogP contribution in [0.2, 0.25) is 0 Å². The van der Waals surface area contributed by atoms with Gasteiger partial charge in [0.2, 0.25) is 0 Å². The maximum absolute atomic E-state index is 12.6. The number of pyridine rings is 1. The lowest BCUT2D eigenvalue weighted by molar-refractivity contribution is 0.256. The van der Waals surface area contributed by atoms with Crippen LogP contribution >= 0.6 is 15.9 Å². The van der Waals surface area contributed by atoms with Gasteiger partial charge in [-0.15, -0.1) is 0 Å². The number of halogens is 1. The van der Waals surface area contributed by atoms with E-state index in [1.807, 2.05) is 36.4 Å². The molecule has 0 radical (unpaired) electrons. The monoisotopic (exact) mass is 360 g/mol. The predicted octanol–water partition coefficient (Wildman–Crippen LogP) is 3.72. The van der Waals surface area contributed by atoms with Gasteiger partial charge < -0.3 is 10.2 Å². The van der Waals surface area contributed by atoms with Gasteiger partial charge >= 0.3 is 6.03 Å². The molecule has 1 aliphatic heterocycles. The molecule has 22 heavy (non-hydrogen) atoms. The fourth-order valence-corrected chi connectivity index (χ4v) is 2.97. The molecule has 0 aliphatic carbocycles. The maximum Gasteiger partial charge on any atom is 0.326 e. The lowest BCUT2D eigenvalue weighted by atomic mass is 10.2. The van der Waals surface area contributed by atoms with Gasteiger partial charge in [0, 0.05) is 36.0 Å². The zero-order valence-electron chi connectivity index (χ0n) is 12.3. The van der Waals surface area contributed by atoms with E-state index >= 15 is 0 Å². The van der Waals surface area contributed by atoms with E-state index < -0.39 is 0 Å². The number of aromatic nitrogens is 1. The molecule has 1 N–H and O–H groups in total. The van der Waals surface area contributed by atoms with Crippen molar-refractivity contribution >= 4 is 39.2 Å². The van der Waals surface area contributed by atoms with Crippen molar-refractivity contribution in [2.24, 2.45) is 0 Å². The molecule has 2 heterocycles. The Bertz CT molecular complexity index is 691. The van der Waals surface area contributed by atoms with Gasteiger partial charge in [-0.2, -0.15) is 0 Å². The molecule has 1 aromatic carbocycles. The van der Waals surface area contributed by atoms with Crippen molar-refractivity contribution in [1.82, 2.24) is 4.98 Å². The Morgan fingerprint density at radius 1 is 1.32 bits per heavy atom. The van der Waals surface area contributed by atoms with E-state index in [9.17, 15) is 4.79 Å². The summed E-state index contributed by atoms with van der Waals surface area (Å²) >= 11 is 3.41. The van der Waals surface area contributed by atoms with Crippen molar-refractivity contribution < 1.29 is 4.79 Å². The fraction of sp³-hybridized carbons (Fsp3) is 0.250. The summed E-state index contributed by atoms with van der Waals surface area (Å²) < 4.78 is 0.933. The first kappa shape index (κ1) is 14.8. The zero-order chi connectivity index (χ0) is 15.5. The van der Waals surface area contributed by atoms with Gasteiger partial charge in [-0.25, -0.2) is 9.78 Å². The topological polar surface area (TPSA) is 48.5 Å². The van der Waals surface area contributed by atoms with Gasteiger partial charge in [0.25, 0.3) is 0 Å². The number of amides is 2. The molecule has 1 aromatic heterocycles. The van der Waals surface area contributed by atoms with Crippen LogP contribution in [-0.2, 0) is 0 Å². The normalized spacial score (nSPS) is 13.7. The number of likely N-dealkylation sites (N-methyl/N-ethyl adjacent to an activating group) is 1. The molecule has 0 saturated heterocycles. The van der Waals surface area contributed by atoms with Crippen molar-refractivity contribution in [2.75, 3.05) is 34.8 Å². The quantitative estimate of drug-likeness (QED) is 0.887. The van der Waals surface area contributed by atoms with E-state index in [2.05, 4.69) is 38.1 Å². The first-order valence-corrected chi connectivity index (χ1v) is 8.02. The third-order valence-corrected chi connectivity index (χ3v) is 4.15. The number of benzene rings is 1. The van der Waals surface area contributed by atoms with Crippen LogP contribution < -0.4 is 15.1 Å². The second-order valence-corrected chi connectivity index (χ2v) is 5.93. The zero-order valence-corrected chi connectivity index (χ0v) is 13.9. The first-order chi connectivity index (χ1) is 10.7. The molecule has 0 fully saturated rings. The number of nitrogens with zero attached hydrogens (tertiary/aromatic N) is 3. The Labute approximate surface area is 138 Å². The second kappa shape index (κ2) is 6.36. The largest absolute Gasteiger partial charge is 0.353 e. The Hall–Kier alpha value is -2.08. The van der Waals surface area contributed by atoms with Crippen LogP contribution in [0, 0.1) is 0 Å². The van der Waals surface area contributed by atoms with E-state index in [1.54, 1.807) is 11.1 Å². The summed E-state index contributed by atoms with van der Waals surface area (Å²) in [5.41, 5.74) is 1.62. The molecule has 6 heteroatoms. The predicted molar refractivity (Wildman–Crippen MR) is 92.6 cm³/mol. The number of hydrogen-bond acceptors (Lipinski definition) is 3. The average Bonchev–Trinajstić information content (AvgIpc) is 2.53. The Balaban J connectivity index is 1.84. The van der Waals surface area contributed by atoms with E-state index in [-0.39, 0.29) is 6.03 Å². The van der Waals surface area contributed by atoms with Crippen molar-refractivity contribution in [3.8, 4) is 0 Å². The summed E-state index contributed by atoms with van der Waals surface area (Å²) in [6, 6.07) is 11.2. The molecule has 2 aromatic rings. The Kier molecular flexibility index (Phi) is 4.29. The van der Waals surface area contributed by atoms with E-state index in [1.165, 1.54) is 0 Å². The third kappa shape index (κ3) is 2.92. The van der Waals surface area contributed by atoms with Gasteiger partial charge in [0.1, 0.15) is 0 Å². The lowest BCUT2D eigenvalue weighted by Gasteiger charge is -2.35. The highest BCUT2D eigenvalue weighted by molar-refractivity contribution is 9.10. The van der Waals surface area contributed by atoms with Crippen molar-refractivity contribution in [2.45, 2.75) is 6.92 Å². The third-order valence-electron chi connectivity index (χ3n) is 3.65. The van der Waals surface area contributed by atoms with Crippen LogP contribution in [0.3, 0.4) is 0 Å². The lowest BCUT2D eigenvalue weighted by Crippen LogP contribution is -2.46. The van der Waals surface area contributed by atoms with Crippen LogP contribution in [0.25, 0.3) is 0 Å². The minimum absolute atomic E-state index is 0.136. The van der Waals surface area contributed by atoms with Crippen LogP contribution in [0.4, 0.5) is 22.0 Å². The molecule has 2 amide bonds. The molecule has 0 spiro atoms.